The Morgan fingerprint density at radius 1 is 1.29 bits per heavy atom. The second kappa shape index (κ2) is 3.65. The van der Waals surface area contributed by atoms with E-state index in [1.807, 2.05) is 18.2 Å². The van der Waals surface area contributed by atoms with Gasteiger partial charge in [-0.2, -0.15) is 0 Å². The molecule has 1 aromatic rings. The van der Waals surface area contributed by atoms with E-state index in [1.165, 1.54) is 11.1 Å². The fraction of sp³-hybridized carbons (Fsp3) is 0.231. The molecular weight excluding hydrogens is 170 g/mol. The highest BCUT2D eigenvalue weighted by atomic mass is 14.7. The van der Waals surface area contributed by atoms with Gasteiger partial charge in [-0.1, -0.05) is 38.1 Å². The molecule has 2 rings (SSSR count). The summed E-state index contributed by atoms with van der Waals surface area (Å²) in [5, 5.41) is 0. The van der Waals surface area contributed by atoms with E-state index in [-0.39, 0.29) is 0 Å². The normalized spacial score (nSPS) is 13.1. The summed E-state index contributed by atoms with van der Waals surface area (Å²) in [5.41, 5.74) is 3.59. The van der Waals surface area contributed by atoms with Crippen LogP contribution in [-0.2, 0) is 0 Å². The van der Waals surface area contributed by atoms with E-state index in [4.69, 9.17) is 0 Å². The van der Waals surface area contributed by atoms with E-state index in [0.29, 0.717) is 5.92 Å². The van der Waals surface area contributed by atoms with Crippen LogP contribution >= 0.6 is 0 Å². The third-order valence-electron chi connectivity index (χ3n) is 2.36. The van der Waals surface area contributed by atoms with Crippen molar-refractivity contribution in [3.05, 3.63) is 41.5 Å². The zero-order valence-corrected chi connectivity index (χ0v) is 8.49. The van der Waals surface area contributed by atoms with E-state index in [1.54, 1.807) is 0 Å². The second-order valence-electron chi connectivity index (χ2n) is 3.70. The Labute approximate surface area is 84.5 Å². The fourth-order valence-electron chi connectivity index (χ4n) is 1.65. The number of aliphatic imine (C=N–C) groups is 1. The van der Waals surface area contributed by atoms with E-state index in [9.17, 15) is 0 Å². The van der Waals surface area contributed by atoms with Gasteiger partial charge in [0.25, 0.3) is 0 Å². The molecule has 14 heavy (non-hydrogen) atoms. The molecule has 1 aliphatic heterocycles. The van der Waals surface area contributed by atoms with Crippen LogP contribution in [0.15, 0.2) is 35.3 Å². The maximum atomic E-state index is 4.26. The van der Waals surface area contributed by atoms with Crippen LogP contribution < -0.4 is 0 Å². The average Bonchev–Trinajstić information content (AvgIpc) is 2.41. The number of benzene rings is 1. The van der Waals surface area contributed by atoms with E-state index in [0.717, 1.165) is 5.69 Å². The number of fused-ring (bicyclic) bond motifs is 1. The highest BCUT2D eigenvalue weighted by Gasteiger charge is 2.08. The van der Waals surface area contributed by atoms with Crippen LogP contribution in [-0.4, -0.2) is 5.87 Å². The second-order valence-corrected chi connectivity index (χ2v) is 3.70. The molecule has 1 heteroatoms. The molecule has 0 saturated carbocycles. The van der Waals surface area contributed by atoms with E-state index >= 15 is 0 Å². The maximum Gasteiger partial charge on any atom is 0.0804 e. The molecule has 1 heterocycles. The molecule has 0 bridgehead atoms. The van der Waals surface area contributed by atoms with Crippen molar-refractivity contribution in [3.63, 3.8) is 0 Å². The van der Waals surface area contributed by atoms with Crippen molar-refractivity contribution >= 4 is 17.6 Å². The van der Waals surface area contributed by atoms with Gasteiger partial charge in [-0.15, -0.1) is 0 Å². The summed E-state index contributed by atoms with van der Waals surface area (Å²) in [6, 6.07) is 6.24. The smallest absolute Gasteiger partial charge is 0.0804 e. The first kappa shape index (κ1) is 8.98. The van der Waals surface area contributed by atoms with Crippen LogP contribution in [0.25, 0.3) is 6.08 Å². The van der Waals surface area contributed by atoms with Gasteiger partial charge in [-0.25, -0.2) is 4.99 Å². The summed E-state index contributed by atoms with van der Waals surface area (Å²) in [5.74, 6) is 3.41. The van der Waals surface area contributed by atoms with Crippen LogP contribution in [0.2, 0.25) is 0 Å². The van der Waals surface area contributed by atoms with Gasteiger partial charge in [-0.3, -0.25) is 0 Å². The van der Waals surface area contributed by atoms with Crippen molar-refractivity contribution in [1.82, 2.24) is 0 Å². The van der Waals surface area contributed by atoms with Crippen molar-refractivity contribution in [2.45, 2.75) is 19.8 Å². The van der Waals surface area contributed by atoms with Gasteiger partial charge in [0.15, 0.2) is 0 Å². The minimum absolute atomic E-state index is 0.530. The quantitative estimate of drug-likeness (QED) is 0.629. The summed E-state index contributed by atoms with van der Waals surface area (Å²) < 4.78 is 0. The Kier molecular flexibility index (Phi) is 2.34. The van der Waals surface area contributed by atoms with Crippen LogP contribution in [0, 0.1) is 0 Å². The van der Waals surface area contributed by atoms with Gasteiger partial charge >= 0.3 is 0 Å². The third-order valence-corrected chi connectivity index (χ3v) is 2.36. The molecule has 0 aliphatic carbocycles. The molecule has 0 radical (unpaired) electrons. The molecule has 0 aromatic heterocycles. The largest absolute Gasteiger partial charge is 0.206 e. The minimum Gasteiger partial charge on any atom is -0.206 e. The monoisotopic (exact) mass is 183 g/mol. The first-order valence-electron chi connectivity index (χ1n) is 4.88. The van der Waals surface area contributed by atoms with Crippen LogP contribution in [0.5, 0.6) is 0 Å². The molecule has 0 saturated heterocycles. The van der Waals surface area contributed by atoms with Crippen LogP contribution in [0.3, 0.4) is 0 Å². The molecule has 0 N–H and O–H groups in total. The van der Waals surface area contributed by atoms with Gasteiger partial charge in [0.1, 0.15) is 0 Å². The fourth-order valence-corrected chi connectivity index (χ4v) is 1.65. The topological polar surface area (TPSA) is 12.4 Å². The van der Waals surface area contributed by atoms with Crippen LogP contribution in [0.4, 0.5) is 5.69 Å². The lowest BCUT2D eigenvalue weighted by molar-refractivity contribution is 0.864. The highest BCUT2D eigenvalue weighted by Crippen LogP contribution is 2.29. The number of allylic oxidation sites excluding steroid dienone is 2. The van der Waals surface area contributed by atoms with Crippen LogP contribution in [0.1, 0.15) is 30.9 Å². The number of hydrogen-bond acceptors (Lipinski definition) is 1. The molecule has 1 aliphatic rings. The average molecular weight is 183 g/mol. The summed E-state index contributed by atoms with van der Waals surface area (Å²) >= 11 is 0. The maximum absolute atomic E-state index is 4.26. The number of nitrogens with zero attached hydrogens (tertiary/aromatic N) is 1. The third kappa shape index (κ3) is 1.55. The highest BCUT2D eigenvalue weighted by molar-refractivity contribution is 5.76. The van der Waals surface area contributed by atoms with Crippen molar-refractivity contribution in [3.8, 4) is 0 Å². The summed E-state index contributed by atoms with van der Waals surface area (Å²) in [6.07, 6.45) is 5.93. The van der Waals surface area contributed by atoms with Gasteiger partial charge in [0.05, 0.1) is 5.69 Å². The van der Waals surface area contributed by atoms with Gasteiger partial charge in [0.2, 0.25) is 0 Å². The summed E-state index contributed by atoms with van der Waals surface area (Å²) in [7, 11) is 0. The Morgan fingerprint density at radius 2 is 2.14 bits per heavy atom. The summed E-state index contributed by atoms with van der Waals surface area (Å²) in [4.78, 5) is 4.26. The van der Waals surface area contributed by atoms with E-state index in [2.05, 4.69) is 42.9 Å². The van der Waals surface area contributed by atoms with Crippen molar-refractivity contribution in [2.75, 3.05) is 0 Å². The zero-order valence-electron chi connectivity index (χ0n) is 8.49. The van der Waals surface area contributed by atoms with Gasteiger partial charge in [0, 0.05) is 5.56 Å². The SMILES string of the molecule is CC(C)c1cccc2c1C=CC=C=N2. The summed E-state index contributed by atoms with van der Waals surface area (Å²) in [6.45, 7) is 4.40. The first-order chi connectivity index (χ1) is 6.79. The lowest BCUT2D eigenvalue weighted by Gasteiger charge is -2.10. The predicted molar refractivity (Wildman–Crippen MR) is 61.2 cm³/mol. The molecule has 0 fully saturated rings. The molecule has 0 spiro atoms. The standard InChI is InChI=1S/C13H13N/c1-10(2)11-7-5-8-13-12(11)6-3-4-9-14-13/h3-8,10H,1-2H3. The predicted octanol–water partition coefficient (Wildman–Crippen LogP) is 3.69. The molecule has 1 aromatic carbocycles. The van der Waals surface area contributed by atoms with Crippen molar-refractivity contribution in [2.24, 2.45) is 4.99 Å². The number of hydrogen-bond donors (Lipinski definition) is 0. The Morgan fingerprint density at radius 3 is 2.93 bits per heavy atom. The zero-order chi connectivity index (χ0) is 9.97. The molecule has 70 valence electrons. The lowest BCUT2D eigenvalue weighted by Crippen LogP contribution is -1.91. The lowest BCUT2D eigenvalue weighted by atomic mass is 9.96. The van der Waals surface area contributed by atoms with Gasteiger partial charge < -0.3 is 0 Å². The van der Waals surface area contributed by atoms with Crippen molar-refractivity contribution < 1.29 is 0 Å². The molecule has 0 atom stereocenters. The minimum atomic E-state index is 0.530. The van der Waals surface area contributed by atoms with Crippen molar-refractivity contribution in [1.29, 1.82) is 0 Å². The Bertz CT molecular complexity index is 433. The van der Waals surface area contributed by atoms with Gasteiger partial charge in [-0.05, 0) is 29.5 Å². The molecule has 0 amide bonds. The number of rotatable bonds is 1. The Balaban J connectivity index is 2.64. The molecule has 0 unspecified atom stereocenters. The first-order valence-corrected chi connectivity index (χ1v) is 4.88. The molecule has 1 nitrogen and oxygen atoms in total. The Hall–Kier alpha value is -1.59. The van der Waals surface area contributed by atoms with E-state index < -0.39 is 0 Å². The molecular formula is C13H13N.